The Morgan fingerprint density at radius 3 is 2.57 bits per heavy atom. The zero-order chi connectivity index (χ0) is 15.5. The number of carboxylic acid groups (broad SMARTS) is 1. The van der Waals surface area contributed by atoms with Gasteiger partial charge in [0.15, 0.2) is 0 Å². The first-order valence-corrected chi connectivity index (χ1v) is 8.00. The van der Waals surface area contributed by atoms with Crippen LogP contribution < -0.4 is 5.32 Å². The first kappa shape index (κ1) is 15.6. The van der Waals surface area contributed by atoms with Crippen molar-refractivity contribution in [2.75, 3.05) is 16.8 Å². The van der Waals surface area contributed by atoms with Gasteiger partial charge < -0.3 is 10.4 Å². The van der Waals surface area contributed by atoms with Gasteiger partial charge in [-0.2, -0.15) is 0 Å². The summed E-state index contributed by atoms with van der Waals surface area (Å²) in [6.45, 7) is 0. The van der Waals surface area contributed by atoms with Crippen molar-refractivity contribution in [1.29, 1.82) is 0 Å². The van der Waals surface area contributed by atoms with Gasteiger partial charge in [0, 0.05) is 16.6 Å². The first-order valence-electron chi connectivity index (χ1n) is 6.51. The maximum Gasteiger partial charge on any atom is 0.303 e. The fourth-order valence-electron chi connectivity index (χ4n) is 2.16. The highest BCUT2D eigenvalue weighted by Crippen LogP contribution is 2.49. The van der Waals surface area contributed by atoms with E-state index in [9.17, 15) is 18.2 Å². The van der Waals surface area contributed by atoms with E-state index in [4.69, 9.17) is 5.11 Å². The van der Waals surface area contributed by atoms with E-state index in [1.54, 1.807) is 6.07 Å². The monoisotopic (exact) mass is 313 g/mol. The fraction of sp³-hybridized carbons (Fsp3) is 0.429. The molecule has 1 saturated carbocycles. The minimum absolute atomic E-state index is 0.0202. The summed E-state index contributed by atoms with van der Waals surface area (Å²) < 4.78 is 25.3. The number of hydrogen-bond donors (Lipinski definition) is 2. The molecule has 0 saturated heterocycles. The fourth-order valence-corrected chi connectivity index (χ4v) is 3.70. The number of carbonyl (C=O) groups is 2. The van der Waals surface area contributed by atoms with Crippen LogP contribution in [0.1, 0.15) is 19.3 Å². The smallest absolute Gasteiger partial charge is 0.303 e. The Balaban J connectivity index is 1.84. The topological polar surface area (TPSA) is 83.5 Å². The molecule has 7 heteroatoms. The van der Waals surface area contributed by atoms with Crippen LogP contribution in [0.3, 0.4) is 0 Å². The van der Waals surface area contributed by atoms with Gasteiger partial charge in [-0.05, 0) is 30.4 Å². The standard InChI is InChI=1S/C14H16FNO4S/c15-10-3-1-2-4-11(10)16-12(17)8-21(20)9-14(5-6-14)7-13(18)19/h1-4H,5-9H2,(H,16,17)(H,18,19). The summed E-state index contributed by atoms with van der Waals surface area (Å²) >= 11 is 0. The normalized spacial score (nSPS) is 17.0. The Labute approximate surface area is 124 Å². The molecule has 1 atom stereocenters. The Morgan fingerprint density at radius 1 is 1.33 bits per heavy atom. The molecular weight excluding hydrogens is 297 g/mol. The molecule has 0 radical (unpaired) electrons. The zero-order valence-electron chi connectivity index (χ0n) is 11.3. The van der Waals surface area contributed by atoms with Crippen molar-refractivity contribution in [2.24, 2.45) is 5.41 Å². The Morgan fingerprint density at radius 2 is 2.00 bits per heavy atom. The molecule has 0 spiro atoms. The van der Waals surface area contributed by atoms with Crippen LogP contribution in [0.2, 0.25) is 0 Å². The zero-order valence-corrected chi connectivity index (χ0v) is 12.1. The summed E-state index contributed by atoms with van der Waals surface area (Å²) in [5, 5.41) is 11.2. The van der Waals surface area contributed by atoms with Gasteiger partial charge >= 0.3 is 5.97 Å². The summed E-state index contributed by atoms with van der Waals surface area (Å²) in [4.78, 5) is 22.4. The van der Waals surface area contributed by atoms with Crippen LogP contribution in [-0.4, -0.2) is 32.7 Å². The van der Waals surface area contributed by atoms with Crippen LogP contribution in [0, 0.1) is 11.2 Å². The molecule has 2 rings (SSSR count). The number of nitrogens with one attached hydrogen (secondary N) is 1. The highest BCUT2D eigenvalue weighted by atomic mass is 32.2. The predicted molar refractivity (Wildman–Crippen MR) is 76.8 cm³/mol. The van der Waals surface area contributed by atoms with Crippen molar-refractivity contribution >= 4 is 28.4 Å². The summed E-state index contributed by atoms with van der Waals surface area (Å²) in [7, 11) is -1.45. The Bertz CT molecular complexity index is 586. The lowest BCUT2D eigenvalue weighted by Gasteiger charge is -2.12. The van der Waals surface area contributed by atoms with E-state index < -0.39 is 33.9 Å². The van der Waals surface area contributed by atoms with E-state index in [1.807, 2.05) is 0 Å². The van der Waals surface area contributed by atoms with Crippen LogP contribution in [0.25, 0.3) is 0 Å². The number of carbonyl (C=O) groups excluding carboxylic acids is 1. The second-order valence-corrected chi connectivity index (χ2v) is 6.78. The molecule has 1 fully saturated rings. The third-order valence-corrected chi connectivity index (χ3v) is 4.91. The molecule has 0 aromatic heterocycles. The van der Waals surface area contributed by atoms with Gasteiger partial charge in [-0.3, -0.25) is 13.8 Å². The van der Waals surface area contributed by atoms with Crippen LogP contribution in [-0.2, 0) is 20.4 Å². The molecule has 1 aliphatic carbocycles. The molecular formula is C14H16FNO4S. The average molecular weight is 313 g/mol. The van der Waals surface area contributed by atoms with Gasteiger partial charge in [0.1, 0.15) is 11.6 Å². The molecule has 1 aromatic rings. The van der Waals surface area contributed by atoms with E-state index in [-0.39, 0.29) is 23.6 Å². The average Bonchev–Trinajstić information content (AvgIpc) is 3.10. The number of rotatable bonds is 7. The second-order valence-electron chi connectivity index (χ2n) is 5.33. The van der Waals surface area contributed by atoms with Crippen molar-refractivity contribution < 1.29 is 23.3 Å². The molecule has 1 amide bonds. The van der Waals surface area contributed by atoms with Gasteiger partial charge in [0.05, 0.1) is 12.1 Å². The van der Waals surface area contributed by atoms with Gasteiger partial charge in [0.2, 0.25) is 5.91 Å². The van der Waals surface area contributed by atoms with Gasteiger partial charge in [-0.15, -0.1) is 0 Å². The second kappa shape index (κ2) is 6.34. The summed E-state index contributed by atoms with van der Waals surface area (Å²) in [6.07, 6.45) is 1.42. The summed E-state index contributed by atoms with van der Waals surface area (Å²) in [6, 6.07) is 5.73. The number of aliphatic carboxylic acids is 1. The maximum absolute atomic E-state index is 13.4. The van der Waals surface area contributed by atoms with Crippen LogP contribution in [0.15, 0.2) is 24.3 Å². The van der Waals surface area contributed by atoms with Crippen molar-refractivity contribution in [1.82, 2.24) is 0 Å². The third kappa shape index (κ3) is 4.63. The number of benzene rings is 1. The quantitative estimate of drug-likeness (QED) is 0.803. The number of halogens is 1. The number of para-hydroxylation sites is 1. The van der Waals surface area contributed by atoms with E-state index in [0.717, 1.165) is 12.8 Å². The molecule has 0 bridgehead atoms. The number of anilines is 1. The number of amides is 1. The Kier molecular flexibility index (Phi) is 4.72. The van der Waals surface area contributed by atoms with Crippen molar-refractivity contribution in [3.8, 4) is 0 Å². The first-order chi connectivity index (χ1) is 9.90. The molecule has 0 aliphatic heterocycles. The number of hydrogen-bond acceptors (Lipinski definition) is 3. The van der Waals surface area contributed by atoms with Crippen LogP contribution >= 0.6 is 0 Å². The molecule has 21 heavy (non-hydrogen) atoms. The highest BCUT2D eigenvalue weighted by molar-refractivity contribution is 7.85. The van der Waals surface area contributed by atoms with E-state index in [1.165, 1.54) is 18.2 Å². The van der Waals surface area contributed by atoms with Gasteiger partial charge in [0.25, 0.3) is 0 Å². The minimum atomic E-state index is -1.45. The molecule has 1 unspecified atom stereocenters. The molecule has 5 nitrogen and oxygen atoms in total. The van der Waals surface area contributed by atoms with Crippen molar-refractivity contribution in [3.63, 3.8) is 0 Å². The van der Waals surface area contributed by atoms with Crippen molar-refractivity contribution in [2.45, 2.75) is 19.3 Å². The molecule has 114 valence electrons. The summed E-state index contributed by atoms with van der Waals surface area (Å²) in [5.74, 6) is -2.06. The third-order valence-electron chi connectivity index (χ3n) is 3.39. The predicted octanol–water partition coefficient (Wildman–Crippen LogP) is 1.77. The van der Waals surface area contributed by atoms with E-state index >= 15 is 0 Å². The molecule has 1 aliphatic rings. The van der Waals surface area contributed by atoms with Gasteiger partial charge in [-0.1, -0.05) is 12.1 Å². The lowest BCUT2D eigenvalue weighted by molar-refractivity contribution is -0.138. The van der Waals surface area contributed by atoms with Crippen LogP contribution in [0.4, 0.5) is 10.1 Å². The SMILES string of the molecule is O=C(O)CC1(CS(=O)CC(=O)Nc2ccccc2F)CC1. The Hall–Kier alpha value is -1.76. The summed E-state index contributed by atoms with van der Waals surface area (Å²) in [5.41, 5.74) is -0.374. The lowest BCUT2D eigenvalue weighted by atomic mass is 10.1. The molecule has 1 aromatic carbocycles. The van der Waals surface area contributed by atoms with E-state index in [2.05, 4.69) is 5.32 Å². The highest BCUT2D eigenvalue weighted by Gasteiger charge is 2.45. The van der Waals surface area contributed by atoms with E-state index in [0.29, 0.717) is 0 Å². The number of carboxylic acids is 1. The van der Waals surface area contributed by atoms with Crippen molar-refractivity contribution in [3.05, 3.63) is 30.1 Å². The molecule has 2 N–H and O–H groups in total. The lowest BCUT2D eigenvalue weighted by Crippen LogP contribution is -2.25. The molecule has 0 heterocycles. The van der Waals surface area contributed by atoms with Crippen LogP contribution in [0.5, 0.6) is 0 Å². The van der Waals surface area contributed by atoms with Gasteiger partial charge in [-0.25, -0.2) is 4.39 Å². The minimum Gasteiger partial charge on any atom is -0.481 e. The maximum atomic E-state index is 13.4. The largest absolute Gasteiger partial charge is 0.481 e.